The van der Waals surface area contributed by atoms with Crippen molar-refractivity contribution in [1.82, 2.24) is 9.97 Å². The van der Waals surface area contributed by atoms with Gasteiger partial charge in [-0.1, -0.05) is 0 Å². The smallest absolute Gasteiger partial charge is 0.224 e. The summed E-state index contributed by atoms with van der Waals surface area (Å²) >= 11 is 0. The van der Waals surface area contributed by atoms with E-state index in [4.69, 9.17) is 4.74 Å². The molecule has 0 radical (unpaired) electrons. The molecule has 2 aromatic rings. The van der Waals surface area contributed by atoms with Gasteiger partial charge in [-0.05, 0) is 31.9 Å². The quantitative estimate of drug-likeness (QED) is 0.908. The fraction of sp³-hybridized carbons (Fsp3) is 0.333. The monoisotopic (exact) mass is 291 g/mol. The van der Waals surface area contributed by atoms with Crippen LogP contribution < -0.4 is 10.1 Å². The average Bonchev–Trinajstić information content (AvgIpc) is 3.27. The number of nitrogens with zero attached hydrogens (tertiary/aromatic N) is 2. The van der Waals surface area contributed by atoms with Crippen LogP contribution in [0.25, 0.3) is 0 Å². The van der Waals surface area contributed by atoms with E-state index in [9.17, 15) is 8.78 Å². The van der Waals surface area contributed by atoms with E-state index in [2.05, 4.69) is 15.3 Å². The average molecular weight is 291 g/mol. The normalized spacial score (nSPS) is 14.0. The number of benzene rings is 1. The van der Waals surface area contributed by atoms with Crippen LogP contribution in [0.3, 0.4) is 0 Å². The Morgan fingerprint density at radius 2 is 2.05 bits per heavy atom. The highest BCUT2D eigenvalue weighted by Gasteiger charge is 2.27. The van der Waals surface area contributed by atoms with E-state index in [1.807, 2.05) is 6.92 Å². The Balaban J connectivity index is 1.89. The van der Waals surface area contributed by atoms with Crippen LogP contribution >= 0.6 is 0 Å². The van der Waals surface area contributed by atoms with Crippen molar-refractivity contribution in [1.29, 1.82) is 0 Å². The van der Waals surface area contributed by atoms with Crippen molar-refractivity contribution in [3.8, 4) is 11.6 Å². The van der Waals surface area contributed by atoms with Crippen molar-refractivity contribution in [2.24, 2.45) is 0 Å². The first-order valence-electron chi connectivity index (χ1n) is 6.91. The Bertz CT molecular complexity index is 659. The van der Waals surface area contributed by atoms with Gasteiger partial charge in [-0.2, -0.15) is 4.98 Å². The lowest BCUT2D eigenvalue weighted by Crippen LogP contribution is -2.04. The Morgan fingerprint density at radius 3 is 2.71 bits per heavy atom. The standard InChI is InChI=1S/C15H15F2N3O/c1-2-18-13-8-14(20-15(19-13)9-3-4-9)21-12-6-5-10(16)7-11(12)17/h5-9H,2-4H2,1H3,(H,18,19,20). The summed E-state index contributed by atoms with van der Waals surface area (Å²) in [5.41, 5.74) is 0. The molecule has 0 atom stereocenters. The first-order valence-corrected chi connectivity index (χ1v) is 6.91. The fourth-order valence-electron chi connectivity index (χ4n) is 1.96. The van der Waals surface area contributed by atoms with E-state index >= 15 is 0 Å². The number of ether oxygens (including phenoxy) is 1. The number of anilines is 1. The van der Waals surface area contributed by atoms with Crippen molar-refractivity contribution in [2.75, 3.05) is 11.9 Å². The first kappa shape index (κ1) is 13.7. The van der Waals surface area contributed by atoms with Crippen LogP contribution in [0.15, 0.2) is 24.3 Å². The van der Waals surface area contributed by atoms with Gasteiger partial charge in [0.2, 0.25) is 5.88 Å². The van der Waals surface area contributed by atoms with E-state index in [0.29, 0.717) is 24.1 Å². The number of hydrogen-bond acceptors (Lipinski definition) is 4. The zero-order valence-electron chi connectivity index (χ0n) is 11.6. The molecule has 1 aromatic carbocycles. The van der Waals surface area contributed by atoms with Crippen molar-refractivity contribution in [3.63, 3.8) is 0 Å². The topological polar surface area (TPSA) is 47.0 Å². The largest absolute Gasteiger partial charge is 0.436 e. The van der Waals surface area contributed by atoms with Crippen LogP contribution in [0, 0.1) is 11.6 Å². The second-order valence-electron chi connectivity index (χ2n) is 4.93. The minimum Gasteiger partial charge on any atom is -0.436 e. The second-order valence-corrected chi connectivity index (χ2v) is 4.93. The summed E-state index contributed by atoms with van der Waals surface area (Å²) in [5, 5.41) is 3.10. The minimum atomic E-state index is -0.758. The van der Waals surface area contributed by atoms with Crippen molar-refractivity contribution in [3.05, 3.63) is 41.7 Å². The van der Waals surface area contributed by atoms with Crippen molar-refractivity contribution < 1.29 is 13.5 Å². The van der Waals surface area contributed by atoms with Gasteiger partial charge in [0.25, 0.3) is 0 Å². The van der Waals surface area contributed by atoms with Gasteiger partial charge in [0.15, 0.2) is 11.6 Å². The third kappa shape index (κ3) is 3.26. The lowest BCUT2D eigenvalue weighted by Gasteiger charge is -2.10. The number of halogens is 2. The Hall–Kier alpha value is -2.24. The fourth-order valence-corrected chi connectivity index (χ4v) is 1.96. The van der Waals surface area contributed by atoms with Gasteiger partial charge in [-0.3, -0.25) is 0 Å². The highest BCUT2D eigenvalue weighted by molar-refractivity contribution is 5.41. The number of rotatable bonds is 5. The molecule has 0 amide bonds. The molecule has 1 saturated carbocycles. The van der Waals surface area contributed by atoms with E-state index in [1.165, 1.54) is 6.07 Å². The second kappa shape index (κ2) is 5.63. The molecule has 0 saturated heterocycles. The zero-order chi connectivity index (χ0) is 14.8. The van der Waals surface area contributed by atoms with Gasteiger partial charge in [-0.25, -0.2) is 13.8 Å². The predicted octanol–water partition coefficient (Wildman–Crippen LogP) is 3.86. The molecule has 4 nitrogen and oxygen atoms in total. The Kier molecular flexibility index (Phi) is 3.68. The molecule has 1 aliphatic rings. The molecule has 1 fully saturated rings. The van der Waals surface area contributed by atoms with Gasteiger partial charge < -0.3 is 10.1 Å². The molecule has 1 heterocycles. The lowest BCUT2D eigenvalue weighted by molar-refractivity contribution is 0.421. The van der Waals surface area contributed by atoms with Gasteiger partial charge >= 0.3 is 0 Å². The summed E-state index contributed by atoms with van der Waals surface area (Å²) in [7, 11) is 0. The van der Waals surface area contributed by atoms with Crippen LogP contribution in [-0.2, 0) is 0 Å². The molecule has 0 bridgehead atoms. The number of nitrogens with one attached hydrogen (secondary N) is 1. The SMILES string of the molecule is CCNc1cc(Oc2ccc(F)cc2F)nc(C2CC2)n1. The molecule has 1 aromatic heterocycles. The number of aromatic nitrogens is 2. The van der Waals surface area contributed by atoms with Crippen LogP contribution in [0.1, 0.15) is 31.5 Å². The van der Waals surface area contributed by atoms with Crippen LogP contribution in [0.2, 0.25) is 0 Å². The molecule has 0 aliphatic heterocycles. The molecular weight excluding hydrogens is 276 g/mol. The van der Waals surface area contributed by atoms with Crippen molar-refractivity contribution in [2.45, 2.75) is 25.7 Å². The van der Waals surface area contributed by atoms with Crippen LogP contribution in [0.5, 0.6) is 11.6 Å². The van der Waals surface area contributed by atoms with Crippen LogP contribution in [0.4, 0.5) is 14.6 Å². The molecule has 0 unspecified atom stereocenters. The summed E-state index contributed by atoms with van der Waals surface area (Å²) in [6.07, 6.45) is 2.11. The van der Waals surface area contributed by atoms with Gasteiger partial charge in [0, 0.05) is 24.6 Å². The third-order valence-electron chi connectivity index (χ3n) is 3.13. The molecule has 110 valence electrons. The summed E-state index contributed by atoms with van der Waals surface area (Å²) in [6, 6.07) is 4.78. The molecule has 3 rings (SSSR count). The molecule has 6 heteroatoms. The number of hydrogen-bond donors (Lipinski definition) is 1. The van der Waals surface area contributed by atoms with Crippen LogP contribution in [-0.4, -0.2) is 16.5 Å². The first-order chi connectivity index (χ1) is 10.2. The van der Waals surface area contributed by atoms with E-state index in [0.717, 1.165) is 25.0 Å². The summed E-state index contributed by atoms with van der Waals surface area (Å²) in [5.74, 6) is 0.496. The van der Waals surface area contributed by atoms with Gasteiger partial charge in [-0.15, -0.1) is 0 Å². The summed E-state index contributed by atoms with van der Waals surface area (Å²) in [4.78, 5) is 8.71. The van der Waals surface area contributed by atoms with Crippen molar-refractivity contribution >= 4 is 5.82 Å². The highest BCUT2D eigenvalue weighted by Crippen LogP contribution is 2.39. The summed E-state index contributed by atoms with van der Waals surface area (Å²) < 4.78 is 32.0. The van der Waals surface area contributed by atoms with E-state index in [-0.39, 0.29) is 11.6 Å². The van der Waals surface area contributed by atoms with E-state index in [1.54, 1.807) is 6.07 Å². The zero-order valence-corrected chi connectivity index (χ0v) is 11.6. The maximum Gasteiger partial charge on any atom is 0.224 e. The predicted molar refractivity (Wildman–Crippen MR) is 74.6 cm³/mol. The molecule has 1 aliphatic carbocycles. The highest BCUT2D eigenvalue weighted by atomic mass is 19.1. The van der Waals surface area contributed by atoms with Gasteiger partial charge in [0.1, 0.15) is 17.5 Å². The Morgan fingerprint density at radius 1 is 1.24 bits per heavy atom. The third-order valence-corrected chi connectivity index (χ3v) is 3.13. The van der Waals surface area contributed by atoms with E-state index < -0.39 is 11.6 Å². The Labute approximate surface area is 121 Å². The maximum atomic E-state index is 13.6. The van der Waals surface area contributed by atoms with Gasteiger partial charge in [0.05, 0.1) is 0 Å². The minimum absolute atomic E-state index is 0.0562. The molecule has 1 N–H and O–H groups in total. The lowest BCUT2D eigenvalue weighted by atomic mass is 10.3. The molecular formula is C15H15F2N3O. The maximum absolute atomic E-state index is 13.6. The summed E-state index contributed by atoms with van der Waals surface area (Å²) in [6.45, 7) is 2.67. The molecule has 21 heavy (non-hydrogen) atoms. The molecule has 0 spiro atoms.